The topological polar surface area (TPSA) is 18.5 Å². The zero-order valence-corrected chi connectivity index (χ0v) is 32.5. The van der Waals surface area contributed by atoms with Crippen LogP contribution in [0.1, 0.15) is 169 Å². The van der Waals surface area contributed by atoms with Crippen molar-refractivity contribution in [1.29, 1.82) is 0 Å². The van der Waals surface area contributed by atoms with Crippen LogP contribution in [0.2, 0.25) is 8.87 Å². The molecule has 0 fully saturated rings. The Kier molecular flexibility index (Phi) is 17.7. The van der Waals surface area contributed by atoms with Gasteiger partial charge in [0.25, 0.3) is 0 Å². The van der Waals surface area contributed by atoms with Gasteiger partial charge in [-0.3, -0.25) is 0 Å². The minimum absolute atomic E-state index is 0.0737. The van der Waals surface area contributed by atoms with E-state index < -0.39 is 19.2 Å². The van der Waals surface area contributed by atoms with Gasteiger partial charge in [-0.15, -0.1) is 0 Å². The standard InChI is InChI=1S/2C12H18O.2C8H17.Sn/c2*1-4-9-12(2,3)10-7-5-6-8-11(10)13;2*1-3-5-7-8-6-4-2;/h2*5-8,13H,4,9H2,1-3H3;2*1,3-8H2,2H3;/q;;;;+2/p-2. The van der Waals surface area contributed by atoms with E-state index >= 15 is 0 Å². The number of hydrogen-bond donors (Lipinski definition) is 0. The van der Waals surface area contributed by atoms with Gasteiger partial charge in [0, 0.05) is 0 Å². The van der Waals surface area contributed by atoms with E-state index in [-0.39, 0.29) is 10.8 Å². The summed E-state index contributed by atoms with van der Waals surface area (Å²) >= 11 is -3.70. The maximum atomic E-state index is 7.54. The average molecular weight is 700 g/mol. The van der Waals surface area contributed by atoms with Crippen molar-refractivity contribution in [3.63, 3.8) is 0 Å². The Bertz CT molecular complexity index is 930. The second-order valence-corrected chi connectivity index (χ2v) is 23.6. The first-order chi connectivity index (χ1) is 20.6. The van der Waals surface area contributed by atoms with E-state index in [1.54, 1.807) is 0 Å². The molecule has 0 heterocycles. The minimum atomic E-state index is -3.70. The molecular weight excluding hydrogens is 631 g/mol. The Balaban J connectivity index is 2.54. The zero-order chi connectivity index (χ0) is 31.6. The molecule has 0 unspecified atom stereocenters. The molecule has 0 amide bonds. The van der Waals surface area contributed by atoms with Crippen molar-refractivity contribution in [3.8, 4) is 11.5 Å². The molecule has 0 bridgehead atoms. The summed E-state index contributed by atoms with van der Waals surface area (Å²) < 4.78 is 17.3. The van der Waals surface area contributed by atoms with Gasteiger partial charge in [0.05, 0.1) is 0 Å². The Morgan fingerprint density at radius 1 is 0.465 bits per heavy atom. The molecule has 2 nitrogen and oxygen atoms in total. The summed E-state index contributed by atoms with van der Waals surface area (Å²) in [5.41, 5.74) is 2.85. The van der Waals surface area contributed by atoms with Crippen LogP contribution in [-0.4, -0.2) is 19.2 Å². The van der Waals surface area contributed by atoms with Crippen molar-refractivity contribution in [2.75, 3.05) is 0 Å². The molecular formula is C40H68O2Sn. The maximum absolute atomic E-state index is 7.54. The number of rotatable bonds is 24. The van der Waals surface area contributed by atoms with Gasteiger partial charge < -0.3 is 0 Å². The predicted molar refractivity (Wildman–Crippen MR) is 192 cm³/mol. The normalized spacial score (nSPS) is 12.5. The van der Waals surface area contributed by atoms with E-state index in [2.05, 4.69) is 104 Å². The quantitative estimate of drug-likeness (QED) is 0.0802. The molecule has 0 atom stereocenters. The summed E-state index contributed by atoms with van der Waals surface area (Å²) in [5.74, 6) is 2.19. The second kappa shape index (κ2) is 20.1. The number of para-hydroxylation sites is 2. The SMILES string of the molecule is CCCCCCC[CH2][Sn]([CH2]CCCCCCC)([O]c1ccccc1C(C)(C)CCC)[O]c1ccccc1C(C)(C)CCC. The first-order valence-electron chi connectivity index (χ1n) is 18.2. The van der Waals surface area contributed by atoms with E-state index in [0.29, 0.717) is 0 Å². The second-order valence-electron chi connectivity index (χ2n) is 14.4. The molecule has 0 aliphatic heterocycles. The van der Waals surface area contributed by atoms with Crippen LogP contribution in [0.5, 0.6) is 11.5 Å². The Morgan fingerprint density at radius 3 is 1.19 bits per heavy atom. The van der Waals surface area contributed by atoms with Crippen LogP contribution in [-0.2, 0) is 10.8 Å². The molecule has 2 rings (SSSR count). The van der Waals surface area contributed by atoms with Crippen LogP contribution in [0.3, 0.4) is 0 Å². The third-order valence-corrected chi connectivity index (χ3v) is 19.1. The van der Waals surface area contributed by atoms with Crippen molar-refractivity contribution in [2.24, 2.45) is 0 Å². The van der Waals surface area contributed by atoms with E-state index in [1.807, 2.05) is 0 Å². The molecule has 0 N–H and O–H groups in total. The first-order valence-corrected chi connectivity index (χ1v) is 24.6. The number of unbranched alkanes of at least 4 members (excludes halogenated alkanes) is 10. The van der Waals surface area contributed by atoms with Crippen molar-refractivity contribution < 1.29 is 6.15 Å². The van der Waals surface area contributed by atoms with E-state index in [9.17, 15) is 0 Å². The van der Waals surface area contributed by atoms with Crippen LogP contribution in [0.25, 0.3) is 0 Å². The van der Waals surface area contributed by atoms with Gasteiger partial charge in [0.15, 0.2) is 0 Å². The van der Waals surface area contributed by atoms with Gasteiger partial charge in [-0.2, -0.15) is 0 Å². The van der Waals surface area contributed by atoms with Gasteiger partial charge >= 0.3 is 274 Å². The summed E-state index contributed by atoms with van der Waals surface area (Å²) in [6.45, 7) is 18.8. The fraction of sp³-hybridized carbons (Fsp3) is 0.700. The first kappa shape index (κ1) is 38.0. The molecule has 2 aromatic rings. The van der Waals surface area contributed by atoms with Crippen molar-refractivity contribution in [3.05, 3.63) is 59.7 Å². The van der Waals surface area contributed by atoms with Gasteiger partial charge in [-0.05, 0) is 0 Å². The van der Waals surface area contributed by atoms with E-state index in [4.69, 9.17) is 6.15 Å². The van der Waals surface area contributed by atoms with Gasteiger partial charge in [0.1, 0.15) is 0 Å². The molecule has 244 valence electrons. The Morgan fingerprint density at radius 2 is 0.814 bits per heavy atom. The van der Waals surface area contributed by atoms with Crippen LogP contribution in [0.15, 0.2) is 48.5 Å². The Hall–Kier alpha value is -1.16. The molecule has 0 aliphatic rings. The molecule has 0 spiro atoms. The van der Waals surface area contributed by atoms with Crippen molar-refractivity contribution in [2.45, 2.75) is 178 Å². The molecule has 0 aromatic heterocycles. The third kappa shape index (κ3) is 13.0. The van der Waals surface area contributed by atoms with Crippen molar-refractivity contribution in [1.82, 2.24) is 0 Å². The Labute approximate surface area is 273 Å². The fourth-order valence-corrected chi connectivity index (χ4v) is 16.7. The number of hydrogen-bond acceptors (Lipinski definition) is 2. The van der Waals surface area contributed by atoms with Gasteiger partial charge in [-0.25, -0.2) is 0 Å². The summed E-state index contributed by atoms with van der Waals surface area (Å²) in [6.07, 6.45) is 20.3. The molecule has 3 heteroatoms. The summed E-state index contributed by atoms with van der Waals surface area (Å²) in [4.78, 5) is 0. The molecule has 2 aromatic carbocycles. The monoisotopic (exact) mass is 700 g/mol. The molecule has 0 radical (unpaired) electrons. The summed E-state index contributed by atoms with van der Waals surface area (Å²) in [7, 11) is 0. The average Bonchev–Trinajstić information content (AvgIpc) is 2.97. The van der Waals surface area contributed by atoms with E-state index in [0.717, 1.165) is 33.2 Å². The van der Waals surface area contributed by atoms with E-state index in [1.165, 1.54) is 101 Å². The third-order valence-electron chi connectivity index (χ3n) is 9.40. The van der Waals surface area contributed by atoms with Crippen LogP contribution >= 0.6 is 0 Å². The van der Waals surface area contributed by atoms with Crippen molar-refractivity contribution >= 4 is 19.2 Å². The predicted octanol–water partition coefficient (Wildman–Crippen LogP) is 13.5. The zero-order valence-electron chi connectivity index (χ0n) is 29.7. The van der Waals surface area contributed by atoms with Gasteiger partial charge in [-0.1, -0.05) is 0 Å². The summed E-state index contributed by atoms with van der Waals surface area (Å²) in [6, 6.07) is 17.9. The van der Waals surface area contributed by atoms with Crippen LogP contribution in [0, 0.1) is 0 Å². The molecule has 0 saturated carbocycles. The number of benzene rings is 2. The van der Waals surface area contributed by atoms with Crippen LogP contribution < -0.4 is 6.15 Å². The summed E-state index contributed by atoms with van der Waals surface area (Å²) in [5, 5.41) is 0. The molecule has 0 saturated heterocycles. The molecule has 0 aliphatic carbocycles. The van der Waals surface area contributed by atoms with Crippen LogP contribution in [0.4, 0.5) is 0 Å². The van der Waals surface area contributed by atoms with Gasteiger partial charge in [0.2, 0.25) is 0 Å². The molecule has 43 heavy (non-hydrogen) atoms. The fourth-order valence-electron chi connectivity index (χ4n) is 6.85.